The Morgan fingerprint density at radius 3 is 2.55 bits per heavy atom. The van der Waals surface area contributed by atoms with Crippen molar-refractivity contribution in [3.8, 4) is 0 Å². The van der Waals surface area contributed by atoms with E-state index < -0.39 is 51.6 Å². The van der Waals surface area contributed by atoms with Gasteiger partial charge in [-0.1, -0.05) is 62.4 Å². The van der Waals surface area contributed by atoms with Gasteiger partial charge >= 0.3 is 0 Å². The predicted octanol–water partition coefficient (Wildman–Crippen LogP) is 2.52. The molecule has 1 aromatic heterocycles. The summed E-state index contributed by atoms with van der Waals surface area (Å²) in [6, 6.07) is 14.2. The fraction of sp³-hybridized carbons (Fsp3) is 0.486. The van der Waals surface area contributed by atoms with E-state index in [0.29, 0.717) is 25.9 Å². The number of fused-ring (bicyclic) bond motifs is 5. The fourth-order valence-electron chi connectivity index (χ4n) is 8.47. The van der Waals surface area contributed by atoms with Gasteiger partial charge in [-0.2, -0.15) is 8.42 Å². The van der Waals surface area contributed by atoms with Gasteiger partial charge in [-0.05, 0) is 61.6 Å². The molecular weight excluding hydrogens is 675 g/mol. The first kappa shape index (κ1) is 35.3. The van der Waals surface area contributed by atoms with E-state index in [9.17, 15) is 27.9 Å². The van der Waals surface area contributed by atoms with Crippen molar-refractivity contribution < 1.29 is 37.2 Å². The summed E-state index contributed by atoms with van der Waals surface area (Å²) < 4.78 is 33.4. The Kier molecular flexibility index (Phi) is 8.90. The number of hydrogen-bond acceptors (Lipinski definition) is 8. The van der Waals surface area contributed by atoms with Gasteiger partial charge in [0.2, 0.25) is 17.5 Å². The molecule has 3 saturated heterocycles. The molecule has 51 heavy (non-hydrogen) atoms. The average Bonchev–Trinajstić information content (AvgIpc) is 3.82. The predicted molar refractivity (Wildman–Crippen MR) is 189 cm³/mol. The maximum Gasteiger partial charge on any atom is 0.281 e. The van der Waals surface area contributed by atoms with Crippen molar-refractivity contribution >= 4 is 44.3 Å². The van der Waals surface area contributed by atoms with E-state index in [0.717, 1.165) is 28.6 Å². The first-order valence-electron chi connectivity index (χ1n) is 17.6. The third-order valence-electron chi connectivity index (χ3n) is 11.1. The summed E-state index contributed by atoms with van der Waals surface area (Å²) in [5.74, 6) is -4.47. The summed E-state index contributed by atoms with van der Waals surface area (Å²) in [5.41, 5.74) is 3.59. The van der Waals surface area contributed by atoms with Crippen molar-refractivity contribution in [2.45, 2.75) is 76.2 Å². The van der Waals surface area contributed by atoms with Crippen molar-refractivity contribution in [3.63, 3.8) is 0 Å². The minimum absolute atomic E-state index is 0.138. The Labute approximate surface area is 297 Å². The van der Waals surface area contributed by atoms with Crippen molar-refractivity contribution in [3.05, 3.63) is 77.5 Å². The molecule has 3 amide bonds. The molecule has 2 aromatic carbocycles. The van der Waals surface area contributed by atoms with Crippen LogP contribution in [0.1, 0.15) is 50.3 Å². The second kappa shape index (κ2) is 12.8. The first-order valence-corrected chi connectivity index (χ1v) is 19.2. The van der Waals surface area contributed by atoms with E-state index in [1.165, 1.54) is 22.8 Å². The van der Waals surface area contributed by atoms with Gasteiger partial charge in [0, 0.05) is 48.6 Å². The molecule has 3 aromatic rings. The topological polar surface area (TPSA) is 173 Å². The largest absolute Gasteiger partial charge is 0.361 e. The van der Waals surface area contributed by atoms with E-state index in [1.54, 1.807) is 18.7 Å². The lowest BCUT2D eigenvalue weighted by Gasteiger charge is -2.48. The molecule has 4 aliphatic heterocycles. The van der Waals surface area contributed by atoms with Crippen LogP contribution in [0.15, 0.2) is 60.8 Å². The molecule has 0 radical (unpaired) electrons. The monoisotopic (exact) mass is 719 g/mol. The highest BCUT2D eigenvalue weighted by molar-refractivity contribution is 7.85. The number of nitrogens with one attached hydrogen (secondary N) is 2. The molecule has 6 atom stereocenters. The van der Waals surface area contributed by atoms with Gasteiger partial charge in [0.1, 0.15) is 12.1 Å². The highest BCUT2D eigenvalue weighted by Gasteiger charge is 2.72. The highest BCUT2D eigenvalue weighted by Crippen LogP contribution is 2.48. The van der Waals surface area contributed by atoms with Gasteiger partial charge in [0.05, 0.1) is 11.7 Å². The zero-order valence-corrected chi connectivity index (χ0v) is 30.0. The normalized spacial score (nSPS) is 30.1. The lowest BCUT2D eigenvalue weighted by Crippen LogP contribution is -2.71. The van der Waals surface area contributed by atoms with Crippen LogP contribution in [0.25, 0.3) is 16.5 Å². The van der Waals surface area contributed by atoms with Gasteiger partial charge in [-0.3, -0.25) is 33.5 Å². The summed E-state index contributed by atoms with van der Waals surface area (Å²) in [6.07, 6.45) is 6.40. The summed E-state index contributed by atoms with van der Waals surface area (Å²) in [7, 11) is -1.63. The van der Waals surface area contributed by atoms with Crippen molar-refractivity contribution in [1.29, 1.82) is 0 Å². The molecule has 8 rings (SSSR count). The van der Waals surface area contributed by atoms with Crippen molar-refractivity contribution in [2.75, 3.05) is 25.9 Å². The van der Waals surface area contributed by atoms with Crippen LogP contribution in [0.4, 0.5) is 0 Å². The number of aromatic amines is 1. The minimum Gasteiger partial charge on any atom is -0.361 e. The van der Waals surface area contributed by atoms with Crippen LogP contribution in [0, 0.1) is 11.8 Å². The third kappa shape index (κ3) is 5.86. The van der Waals surface area contributed by atoms with E-state index in [2.05, 4.69) is 33.5 Å². The number of aromatic nitrogens is 1. The SMILES string of the molecule is CC(C)[C@@]1(NC(=O)[C@@H]2C=C3c4cccc5[nH]cc(c45)C[C@H]3N(C)C2)O[C@@]2(O)[C@@H]3CCCN3C(=O)[C@H](Cc3ccccc3)N2C1=O.CCS(=O)(=O)O. The number of H-pyrrole nitrogens is 1. The highest BCUT2D eigenvalue weighted by atomic mass is 32.2. The van der Waals surface area contributed by atoms with Crippen LogP contribution in [-0.4, -0.2) is 111 Å². The summed E-state index contributed by atoms with van der Waals surface area (Å²) in [5, 5.41) is 16.5. The lowest BCUT2D eigenvalue weighted by molar-refractivity contribution is -0.321. The number of aliphatic hydroxyl groups is 1. The molecule has 1 aliphatic carbocycles. The standard InChI is InChI=1S/C35H39N5O5.C2H6O3S/c1-20(2)34(37-31(41)23-16-25-24-11-7-12-26-30(24)22(18-36-26)17-27(25)38(3)19-23)33(43)40-28(15-21-9-5-4-6-10-21)32(42)39-14-8-13-29(39)35(40,44)45-34;1-2-6(3,4)5/h4-7,9-12,16,18,20,23,27-29,36,44H,8,13-15,17,19H2,1-3H3,(H,37,41);2H2,1H3,(H,3,4,5)/t23-,27-,28+,29+,34-,35+;/m1./s1. The summed E-state index contributed by atoms with van der Waals surface area (Å²) >= 11 is 0. The van der Waals surface area contributed by atoms with Crippen molar-refractivity contribution in [2.24, 2.45) is 11.8 Å². The minimum atomic E-state index is -3.66. The molecule has 5 aliphatic rings. The third-order valence-corrected chi connectivity index (χ3v) is 11.9. The number of nitrogens with zero attached hydrogens (tertiary/aromatic N) is 3. The zero-order valence-electron chi connectivity index (χ0n) is 29.2. The Morgan fingerprint density at radius 1 is 1.14 bits per heavy atom. The van der Waals surface area contributed by atoms with Crippen LogP contribution in [0.5, 0.6) is 0 Å². The number of amides is 3. The van der Waals surface area contributed by atoms with Crippen LogP contribution in [-0.2, 0) is 42.1 Å². The maximum atomic E-state index is 14.6. The van der Waals surface area contributed by atoms with Crippen LogP contribution < -0.4 is 5.32 Å². The number of ether oxygens (including phenoxy) is 1. The molecule has 272 valence electrons. The second-order valence-corrected chi connectivity index (χ2v) is 16.3. The zero-order chi connectivity index (χ0) is 36.5. The smallest absolute Gasteiger partial charge is 0.281 e. The molecule has 3 fully saturated rings. The Morgan fingerprint density at radius 2 is 1.86 bits per heavy atom. The van der Waals surface area contributed by atoms with Crippen LogP contribution >= 0.6 is 0 Å². The number of carbonyl (C=O) groups excluding carboxylic acids is 3. The number of carbonyl (C=O) groups is 3. The average molecular weight is 720 g/mol. The lowest BCUT2D eigenvalue weighted by atomic mass is 9.79. The maximum absolute atomic E-state index is 14.6. The molecule has 14 heteroatoms. The van der Waals surface area contributed by atoms with Crippen LogP contribution in [0.2, 0.25) is 0 Å². The van der Waals surface area contributed by atoms with E-state index >= 15 is 0 Å². The fourth-order valence-corrected chi connectivity index (χ4v) is 8.47. The number of rotatable bonds is 6. The van der Waals surface area contributed by atoms with Gasteiger partial charge in [0.25, 0.3) is 21.9 Å². The van der Waals surface area contributed by atoms with Crippen molar-refractivity contribution in [1.82, 2.24) is 25.0 Å². The number of piperazine rings is 1. The molecule has 0 spiro atoms. The Hall–Kier alpha value is -4.08. The molecule has 4 N–H and O–H groups in total. The first-order chi connectivity index (χ1) is 24.2. The number of benzene rings is 2. The number of hydrogen-bond donors (Lipinski definition) is 4. The molecular formula is C37H45N5O8S. The molecule has 0 bridgehead atoms. The molecule has 13 nitrogen and oxygen atoms in total. The molecule has 0 unspecified atom stereocenters. The Balaban J connectivity index is 0.000000625. The summed E-state index contributed by atoms with van der Waals surface area (Å²) in [6.45, 7) is 5.93. The van der Waals surface area contributed by atoms with Gasteiger partial charge in [-0.15, -0.1) is 0 Å². The van der Waals surface area contributed by atoms with Gasteiger partial charge < -0.3 is 20.3 Å². The van der Waals surface area contributed by atoms with Gasteiger partial charge in [-0.25, -0.2) is 0 Å². The van der Waals surface area contributed by atoms with E-state index in [4.69, 9.17) is 9.29 Å². The van der Waals surface area contributed by atoms with Crippen LogP contribution in [0.3, 0.4) is 0 Å². The Bertz CT molecular complexity index is 2010. The quantitative estimate of drug-likeness (QED) is 0.280. The van der Waals surface area contributed by atoms with Gasteiger partial charge in [0.15, 0.2) is 0 Å². The second-order valence-electron chi connectivity index (χ2n) is 14.5. The summed E-state index contributed by atoms with van der Waals surface area (Å²) in [4.78, 5) is 51.2. The number of likely N-dealkylation sites (N-methyl/N-ethyl adjacent to an activating group) is 1. The molecule has 0 saturated carbocycles. The molecule has 5 heterocycles. The van der Waals surface area contributed by atoms with E-state index in [1.807, 2.05) is 49.5 Å². The van der Waals surface area contributed by atoms with E-state index in [-0.39, 0.29) is 30.0 Å².